The van der Waals surface area contributed by atoms with Gasteiger partial charge < -0.3 is 9.64 Å². The fraction of sp³-hybridized carbons (Fsp3) is 0.533. The van der Waals surface area contributed by atoms with Crippen LogP contribution in [0.5, 0.6) is 0 Å². The molecular formula is C15H18ClFN2O4S. The van der Waals surface area contributed by atoms with E-state index >= 15 is 0 Å². The number of hydrogen-bond donors (Lipinski definition) is 0. The smallest absolute Gasteiger partial charge is 0.251 e. The molecule has 0 N–H and O–H groups in total. The number of nitrogens with zero attached hydrogens (tertiary/aromatic N) is 2. The van der Waals surface area contributed by atoms with Crippen LogP contribution in [0.2, 0.25) is 5.02 Å². The second-order valence-electron chi connectivity index (χ2n) is 5.81. The summed E-state index contributed by atoms with van der Waals surface area (Å²) >= 11 is 5.66. The lowest BCUT2D eigenvalue weighted by Gasteiger charge is -2.35. The third-order valence-corrected chi connectivity index (χ3v) is 6.43. The molecule has 2 fully saturated rings. The lowest BCUT2D eigenvalue weighted by molar-refractivity contribution is -0.142. The molecule has 1 aromatic carbocycles. The van der Waals surface area contributed by atoms with E-state index in [4.69, 9.17) is 16.3 Å². The van der Waals surface area contributed by atoms with Gasteiger partial charge in [0.15, 0.2) is 0 Å². The van der Waals surface area contributed by atoms with Crippen LogP contribution < -0.4 is 0 Å². The van der Waals surface area contributed by atoms with E-state index in [9.17, 15) is 17.6 Å². The molecule has 9 heteroatoms. The molecule has 2 heterocycles. The minimum atomic E-state index is -3.95. The van der Waals surface area contributed by atoms with Crippen molar-refractivity contribution in [2.24, 2.45) is 0 Å². The van der Waals surface area contributed by atoms with Gasteiger partial charge in [-0.15, -0.1) is 0 Å². The number of carbonyl (C=O) groups is 1. The van der Waals surface area contributed by atoms with E-state index in [0.29, 0.717) is 13.0 Å². The maximum absolute atomic E-state index is 13.9. The van der Waals surface area contributed by atoms with Gasteiger partial charge in [0, 0.05) is 37.8 Å². The van der Waals surface area contributed by atoms with E-state index in [2.05, 4.69) is 0 Å². The first-order valence-electron chi connectivity index (χ1n) is 7.75. The SMILES string of the molecule is O=C([C@@H]1CCCO1)N1CCN(S(=O)(=O)c2ccc(Cl)cc2F)CC1. The molecule has 0 aromatic heterocycles. The van der Waals surface area contributed by atoms with Crippen molar-refractivity contribution in [2.45, 2.75) is 23.8 Å². The zero-order valence-electron chi connectivity index (χ0n) is 13.0. The number of benzene rings is 1. The number of rotatable bonds is 3. The summed E-state index contributed by atoms with van der Waals surface area (Å²) in [5.41, 5.74) is 0. The van der Waals surface area contributed by atoms with Crippen molar-refractivity contribution in [2.75, 3.05) is 32.8 Å². The summed E-state index contributed by atoms with van der Waals surface area (Å²) in [6, 6.07) is 3.48. The topological polar surface area (TPSA) is 66.9 Å². The lowest BCUT2D eigenvalue weighted by atomic mass is 10.2. The molecular weight excluding hydrogens is 359 g/mol. The molecule has 0 aliphatic carbocycles. The molecule has 0 spiro atoms. The maximum atomic E-state index is 13.9. The number of hydrogen-bond acceptors (Lipinski definition) is 4. The predicted octanol–water partition coefficient (Wildman–Crippen LogP) is 1.49. The predicted molar refractivity (Wildman–Crippen MR) is 85.7 cm³/mol. The lowest BCUT2D eigenvalue weighted by Crippen LogP contribution is -2.52. The molecule has 0 radical (unpaired) electrons. The molecule has 3 rings (SSSR count). The van der Waals surface area contributed by atoms with E-state index in [0.717, 1.165) is 18.6 Å². The Kier molecular flexibility index (Phi) is 5.10. The Morgan fingerprint density at radius 1 is 1.25 bits per heavy atom. The molecule has 1 atom stereocenters. The maximum Gasteiger partial charge on any atom is 0.251 e. The summed E-state index contributed by atoms with van der Waals surface area (Å²) in [6.07, 6.45) is 1.15. The van der Waals surface area contributed by atoms with Crippen LogP contribution in [0.1, 0.15) is 12.8 Å². The molecule has 0 saturated carbocycles. The summed E-state index contributed by atoms with van der Waals surface area (Å²) in [7, 11) is -3.95. The highest BCUT2D eigenvalue weighted by atomic mass is 35.5. The highest BCUT2D eigenvalue weighted by Gasteiger charge is 2.34. The monoisotopic (exact) mass is 376 g/mol. The Hall–Kier alpha value is -1.22. The second-order valence-corrected chi connectivity index (χ2v) is 8.15. The van der Waals surface area contributed by atoms with Gasteiger partial charge in [-0.25, -0.2) is 12.8 Å². The molecule has 0 unspecified atom stereocenters. The number of sulfonamides is 1. The first-order valence-corrected chi connectivity index (χ1v) is 9.57. The van der Waals surface area contributed by atoms with E-state index in [1.165, 1.54) is 10.4 Å². The first kappa shape index (κ1) is 17.6. The molecule has 6 nitrogen and oxygen atoms in total. The highest BCUT2D eigenvalue weighted by molar-refractivity contribution is 7.89. The molecule has 2 aliphatic heterocycles. The number of halogens is 2. The fourth-order valence-electron chi connectivity index (χ4n) is 2.95. The van der Waals surface area contributed by atoms with Gasteiger partial charge in [-0.3, -0.25) is 4.79 Å². The fourth-order valence-corrected chi connectivity index (χ4v) is 4.57. The average molecular weight is 377 g/mol. The van der Waals surface area contributed by atoms with Crippen LogP contribution in [0.15, 0.2) is 23.1 Å². The van der Waals surface area contributed by atoms with E-state index in [1.54, 1.807) is 4.90 Å². The summed E-state index contributed by atoms with van der Waals surface area (Å²) in [5, 5.41) is 0.137. The van der Waals surface area contributed by atoms with Gasteiger partial charge in [0.05, 0.1) is 0 Å². The standard InChI is InChI=1S/C15H18ClFN2O4S/c16-11-3-4-14(12(17)10-11)24(21,22)19-7-5-18(6-8-19)15(20)13-2-1-9-23-13/h3-4,10,13H,1-2,5-9H2/t13-/m0/s1. The van der Waals surface area contributed by atoms with Crippen molar-refractivity contribution in [3.63, 3.8) is 0 Å². The van der Waals surface area contributed by atoms with Crippen molar-refractivity contribution in [1.29, 1.82) is 0 Å². The molecule has 1 amide bonds. The molecule has 1 aromatic rings. The molecule has 132 valence electrons. The third kappa shape index (κ3) is 3.42. The molecule has 2 saturated heterocycles. The Morgan fingerprint density at radius 3 is 2.54 bits per heavy atom. The van der Waals surface area contributed by atoms with E-state index < -0.39 is 26.8 Å². The van der Waals surface area contributed by atoms with Crippen LogP contribution in [0.4, 0.5) is 4.39 Å². The summed E-state index contributed by atoms with van der Waals surface area (Å²) in [4.78, 5) is 13.5. The number of carbonyl (C=O) groups excluding carboxylic acids is 1. The van der Waals surface area contributed by atoms with Crippen molar-refractivity contribution in [1.82, 2.24) is 9.21 Å². The molecule has 2 aliphatic rings. The van der Waals surface area contributed by atoms with Crippen LogP contribution in [-0.2, 0) is 19.6 Å². The normalized spacial score (nSPS) is 22.8. The number of piperazine rings is 1. The first-order chi connectivity index (χ1) is 11.4. The zero-order valence-corrected chi connectivity index (χ0v) is 14.5. The average Bonchev–Trinajstić information content (AvgIpc) is 3.08. The largest absolute Gasteiger partial charge is 0.368 e. The van der Waals surface area contributed by atoms with Gasteiger partial charge in [-0.2, -0.15) is 4.31 Å². The summed E-state index contributed by atoms with van der Waals surface area (Å²) in [5.74, 6) is -0.970. The van der Waals surface area contributed by atoms with Crippen molar-refractivity contribution in [3.8, 4) is 0 Å². The molecule has 24 heavy (non-hydrogen) atoms. The Balaban J connectivity index is 1.68. The second kappa shape index (κ2) is 6.95. The van der Waals surface area contributed by atoms with Crippen molar-refractivity contribution in [3.05, 3.63) is 29.0 Å². The highest BCUT2D eigenvalue weighted by Crippen LogP contribution is 2.24. The van der Waals surface area contributed by atoms with Crippen LogP contribution >= 0.6 is 11.6 Å². The van der Waals surface area contributed by atoms with Crippen molar-refractivity contribution >= 4 is 27.5 Å². The van der Waals surface area contributed by atoms with Gasteiger partial charge in [0.25, 0.3) is 5.91 Å². The van der Waals surface area contributed by atoms with Gasteiger partial charge in [-0.1, -0.05) is 11.6 Å². The summed E-state index contributed by atoms with van der Waals surface area (Å²) < 4.78 is 45.6. The van der Waals surface area contributed by atoms with E-state index in [-0.39, 0.29) is 37.1 Å². The Labute approximate surface area is 145 Å². The third-order valence-electron chi connectivity index (χ3n) is 4.27. The summed E-state index contributed by atoms with van der Waals surface area (Å²) in [6.45, 7) is 1.38. The minimum absolute atomic E-state index is 0.0952. The van der Waals surface area contributed by atoms with Gasteiger partial charge in [-0.05, 0) is 31.0 Å². The van der Waals surface area contributed by atoms with Crippen LogP contribution in [0.25, 0.3) is 0 Å². The van der Waals surface area contributed by atoms with Gasteiger partial charge in [0.2, 0.25) is 10.0 Å². The van der Waals surface area contributed by atoms with Crippen LogP contribution in [-0.4, -0.2) is 62.4 Å². The Morgan fingerprint density at radius 2 is 1.96 bits per heavy atom. The number of amides is 1. The molecule has 0 bridgehead atoms. The van der Waals surface area contributed by atoms with Crippen LogP contribution in [0.3, 0.4) is 0 Å². The van der Waals surface area contributed by atoms with Crippen molar-refractivity contribution < 1.29 is 22.3 Å². The van der Waals surface area contributed by atoms with Crippen LogP contribution in [0, 0.1) is 5.82 Å². The quantitative estimate of drug-likeness (QED) is 0.801. The minimum Gasteiger partial charge on any atom is -0.368 e. The Bertz CT molecular complexity index is 729. The number of ether oxygens (including phenoxy) is 1. The van der Waals surface area contributed by atoms with E-state index in [1.807, 2.05) is 0 Å². The van der Waals surface area contributed by atoms with Gasteiger partial charge in [0.1, 0.15) is 16.8 Å². The van der Waals surface area contributed by atoms with Gasteiger partial charge >= 0.3 is 0 Å². The zero-order chi connectivity index (χ0) is 17.3.